The summed E-state index contributed by atoms with van der Waals surface area (Å²) < 4.78 is 43.5. The van der Waals surface area contributed by atoms with Crippen LogP contribution >= 0.6 is 0 Å². The van der Waals surface area contributed by atoms with Crippen molar-refractivity contribution in [3.63, 3.8) is 0 Å². The quantitative estimate of drug-likeness (QED) is 0.767. The molecule has 0 aliphatic rings. The molecule has 20 heavy (non-hydrogen) atoms. The van der Waals surface area contributed by atoms with Gasteiger partial charge >= 0.3 is 6.18 Å². The van der Waals surface area contributed by atoms with Gasteiger partial charge in [-0.15, -0.1) is 0 Å². The van der Waals surface area contributed by atoms with E-state index in [9.17, 15) is 18.0 Å². The Morgan fingerprint density at radius 1 is 1.00 bits per heavy atom. The topological polar surface area (TPSA) is 26.3 Å². The zero-order chi connectivity index (χ0) is 14.8. The lowest BCUT2D eigenvalue weighted by atomic mass is 10.1. The lowest BCUT2D eigenvalue weighted by Gasteiger charge is -2.11. The molecule has 104 valence electrons. The summed E-state index contributed by atoms with van der Waals surface area (Å²) in [5, 5.41) is 0. The molecular formula is C15H11F3O2. The van der Waals surface area contributed by atoms with E-state index in [1.807, 2.05) is 0 Å². The van der Waals surface area contributed by atoms with Crippen LogP contribution in [0.4, 0.5) is 13.2 Å². The Bertz CT molecular complexity index is 616. The van der Waals surface area contributed by atoms with Gasteiger partial charge in [-0.1, -0.05) is 0 Å². The zero-order valence-corrected chi connectivity index (χ0v) is 10.6. The van der Waals surface area contributed by atoms with E-state index in [1.54, 1.807) is 6.92 Å². The van der Waals surface area contributed by atoms with Gasteiger partial charge in [-0.05, 0) is 55.0 Å². The molecule has 2 nitrogen and oxygen atoms in total. The maximum absolute atomic E-state index is 12.7. The van der Waals surface area contributed by atoms with Gasteiger partial charge in [0.05, 0.1) is 5.56 Å². The van der Waals surface area contributed by atoms with E-state index in [2.05, 4.69) is 0 Å². The van der Waals surface area contributed by atoms with Crippen LogP contribution in [0.25, 0.3) is 0 Å². The van der Waals surface area contributed by atoms with Gasteiger partial charge in [-0.25, -0.2) is 0 Å². The highest BCUT2D eigenvalue weighted by molar-refractivity contribution is 5.74. The molecule has 0 aromatic heterocycles. The number of benzene rings is 2. The second kappa shape index (κ2) is 5.36. The SMILES string of the molecule is Cc1cc(Oc2ccc(C=O)cc2)cc(C(F)(F)F)c1. The van der Waals surface area contributed by atoms with Gasteiger partial charge in [-0.2, -0.15) is 13.2 Å². The second-order valence-electron chi connectivity index (χ2n) is 4.32. The number of alkyl halides is 3. The summed E-state index contributed by atoms with van der Waals surface area (Å²) in [5.41, 5.74) is 0.175. The number of carbonyl (C=O) groups is 1. The highest BCUT2D eigenvalue weighted by atomic mass is 19.4. The Morgan fingerprint density at radius 2 is 1.65 bits per heavy atom. The lowest BCUT2D eigenvalue weighted by Crippen LogP contribution is -2.05. The molecule has 2 aromatic rings. The molecule has 0 aliphatic carbocycles. The summed E-state index contributed by atoms with van der Waals surface area (Å²) >= 11 is 0. The average Bonchev–Trinajstić information content (AvgIpc) is 2.38. The molecule has 0 saturated heterocycles. The number of hydrogen-bond donors (Lipinski definition) is 0. The first kappa shape index (κ1) is 14.1. The van der Waals surface area contributed by atoms with Crippen LogP contribution in [0, 0.1) is 6.92 Å². The van der Waals surface area contributed by atoms with Gasteiger partial charge in [0, 0.05) is 5.56 Å². The standard InChI is InChI=1S/C15H11F3O2/c1-10-6-12(15(16,17)18)8-14(7-10)20-13-4-2-11(9-19)3-5-13/h2-9H,1H3. The fraction of sp³-hybridized carbons (Fsp3) is 0.133. The largest absolute Gasteiger partial charge is 0.457 e. The van der Waals surface area contributed by atoms with Crippen molar-refractivity contribution >= 4 is 6.29 Å². The van der Waals surface area contributed by atoms with Crippen LogP contribution in [-0.4, -0.2) is 6.29 Å². The van der Waals surface area contributed by atoms with Crippen molar-refractivity contribution < 1.29 is 22.7 Å². The summed E-state index contributed by atoms with van der Waals surface area (Å²) in [6, 6.07) is 9.64. The molecule has 0 aliphatic heterocycles. The molecule has 0 unspecified atom stereocenters. The van der Waals surface area contributed by atoms with Gasteiger partial charge in [0.25, 0.3) is 0 Å². The number of hydrogen-bond acceptors (Lipinski definition) is 2. The molecule has 0 spiro atoms. The number of aryl methyl sites for hydroxylation is 1. The highest BCUT2D eigenvalue weighted by Crippen LogP contribution is 2.33. The number of ether oxygens (including phenoxy) is 1. The molecule has 0 amide bonds. The molecule has 0 fully saturated rings. The van der Waals surface area contributed by atoms with Crippen LogP contribution in [0.3, 0.4) is 0 Å². The van der Waals surface area contributed by atoms with Crippen molar-refractivity contribution in [2.45, 2.75) is 13.1 Å². The molecule has 0 N–H and O–H groups in total. The molecule has 2 rings (SSSR count). The monoisotopic (exact) mass is 280 g/mol. The number of rotatable bonds is 3. The van der Waals surface area contributed by atoms with Gasteiger partial charge in [0.15, 0.2) is 0 Å². The van der Waals surface area contributed by atoms with Crippen LogP contribution in [0.2, 0.25) is 0 Å². The number of aldehydes is 1. The minimum atomic E-state index is -4.41. The van der Waals surface area contributed by atoms with Crippen molar-refractivity contribution in [2.75, 3.05) is 0 Å². The molecule has 0 atom stereocenters. The molecule has 2 aromatic carbocycles. The van der Waals surface area contributed by atoms with E-state index >= 15 is 0 Å². The third kappa shape index (κ3) is 3.38. The molecular weight excluding hydrogens is 269 g/mol. The van der Waals surface area contributed by atoms with Crippen molar-refractivity contribution in [3.05, 3.63) is 59.2 Å². The number of carbonyl (C=O) groups excluding carboxylic acids is 1. The van der Waals surface area contributed by atoms with E-state index in [0.29, 0.717) is 23.2 Å². The van der Waals surface area contributed by atoms with E-state index in [0.717, 1.165) is 12.1 Å². The van der Waals surface area contributed by atoms with E-state index in [-0.39, 0.29) is 5.75 Å². The maximum Gasteiger partial charge on any atom is 0.416 e. The fourth-order valence-corrected chi connectivity index (χ4v) is 1.72. The predicted octanol–water partition coefficient (Wildman–Crippen LogP) is 4.62. The first-order chi connectivity index (χ1) is 9.38. The van der Waals surface area contributed by atoms with Crippen LogP contribution < -0.4 is 4.74 Å². The smallest absolute Gasteiger partial charge is 0.416 e. The lowest BCUT2D eigenvalue weighted by molar-refractivity contribution is -0.137. The third-order valence-corrected chi connectivity index (χ3v) is 2.63. The van der Waals surface area contributed by atoms with Gasteiger partial charge in [0.1, 0.15) is 17.8 Å². The summed E-state index contributed by atoms with van der Waals surface area (Å²) in [6.45, 7) is 1.57. The van der Waals surface area contributed by atoms with Gasteiger partial charge in [-0.3, -0.25) is 4.79 Å². The highest BCUT2D eigenvalue weighted by Gasteiger charge is 2.31. The Kier molecular flexibility index (Phi) is 3.79. The average molecular weight is 280 g/mol. The molecule has 0 heterocycles. The summed E-state index contributed by atoms with van der Waals surface area (Å²) in [7, 11) is 0. The normalized spacial score (nSPS) is 11.2. The molecule has 0 saturated carbocycles. The number of halogens is 3. The Hall–Kier alpha value is -2.30. The predicted molar refractivity (Wildman–Crippen MR) is 68.1 cm³/mol. The maximum atomic E-state index is 12.7. The van der Waals surface area contributed by atoms with Crippen molar-refractivity contribution in [1.82, 2.24) is 0 Å². The van der Waals surface area contributed by atoms with Gasteiger partial charge < -0.3 is 4.74 Å². The van der Waals surface area contributed by atoms with Crippen LogP contribution in [-0.2, 0) is 6.18 Å². The minimum Gasteiger partial charge on any atom is -0.457 e. The van der Waals surface area contributed by atoms with Gasteiger partial charge in [0.2, 0.25) is 0 Å². The summed E-state index contributed by atoms with van der Waals surface area (Å²) in [6.07, 6.45) is -3.73. The van der Waals surface area contributed by atoms with E-state index < -0.39 is 11.7 Å². The first-order valence-corrected chi connectivity index (χ1v) is 5.80. The summed E-state index contributed by atoms with van der Waals surface area (Å²) in [5.74, 6) is 0.477. The second-order valence-corrected chi connectivity index (χ2v) is 4.32. The molecule has 5 heteroatoms. The molecule has 0 bridgehead atoms. The van der Waals surface area contributed by atoms with Crippen molar-refractivity contribution in [2.24, 2.45) is 0 Å². The third-order valence-electron chi connectivity index (χ3n) is 2.63. The Morgan fingerprint density at radius 3 is 2.20 bits per heavy atom. The summed E-state index contributed by atoms with van der Waals surface area (Å²) in [4.78, 5) is 10.5. The van der Waals surface area contributed by atoms with Crippen LogP contribution in [0.1, 0.15) is 21.5 Å². The molecule has 0 radical (unpaired) electrons. The Labute approximate surface area is 113 Å². The van der Waals surface area contributed by atoms with E-state index in [1.165, 1.54) is 30.3 Å². The first-order valence-electron chi connectivity index (χ1n) is 5.80. The van der Waals surface area contributed by atoms with Crippen molar-refractivity contribution in [3.8, 4) is 11.5 Å². The van der Waals surface area contributed by atoms with Crippen LogP contribution in [0.5, 0.6) is 11.5 Å². The minimum absolute atomic E-state index is 0.108. The Balaban J connectivity index is 2.28. The fourth-order valence-electron chi connectivity index (χ4n) is 1.72. The van der Waals surface area contributed by atoms with Crippen LogP contribution in [0.15, 0.2) is 42.5 Å². The van der Waals surface area contributed by atoms with E-state index in [4.69, 9.17) is 4.74 Å². The zero-order valence-electron chi connectivity index (χ0n) is 10.6. The van der Waals surface area contributed by atoms with Crippen molar-refractivity contribution in [1.29, 1.82) is 0 Å².